The highest BCUT2D eigenvalue weighted by Crippen LogP contribution is 2.41. The first kappa shape index (κ1) is 31.6. The van der Waals surface area contributed by atoms with Crippen molar-refractivity contribution in [1.29, 1.82) is 0 Å². The van der Waals surface area contributed by atoms with E-state index in [1.165, 1.54) is 7.11 Å². The maximum absolute atomic E-state index is 13.8. The van der Waals surface area contributed by atoms with Crippen LogP contribution in [0.25, 0.3) is 0 Å². The molecule has 0 radical (unpaired) electrons. The quantitative estimate of drug-likeness (QED) is 0.145. The summed E-state index contributed by atoms with van der Waals surface area (Å²) in [6.07, 6.45) is 0. The van der Waals surface area contributed by atoms with Gasteiger partial charge in [0.25, 0.3) is 0 Å². The number of ether oxygens (including phenoxy) is 1. The highest BCUT2D eigenvalue weighted by Gasteiger charge is 2.37. The number of fused-ring (bicyclic) bond motifs is 2. The Hall–Kier alpha value is -2.44. The van der Waals surface area contributed by atoms with Crippen molar-refractivity contribution in [2.75, 3.05) is 70.2 Å². The minimum atomic E-state index is -0.386. The lowest BCUT2D eigenvalue weighted by Gasteiger charge is -2.26. The Morgan fingerprint density at radius 3 is 1.61 bits per heavy atom. The van der Waals surface area contributed by atoms with Crippen LogP contribution in [-0.4, -0.2) is 86.5 Å². The van der Waals surface area contributed by atoms with Crippen LogP contribution < -0.4 is 26.0 Å². The number of benzene rings is 2. The van der Waals surface area contributed by atoms with Crippen LogP contribution in [0, 0.1) is 0 Å². The van der Waals surface area contributed by atoms with Gasteiger partial charge in [-0.25, -0.2) is 0 Å². The highest BCUT2D eigenvalue weighted by atomic mass is 35.5. The molecule has 1 aliphatic carbocycles. The molecule has 0 unspecified atom stereocenters. The van der Waals surface area contributed by atoms with Gasteiger partial charge in [0, 0.05) is 56.2 Å². The summed E-state index contributed by atoms with van der Waals surface area (Å²) in [5.74, 6) is -0.441. The van der Waals surface area contributed by atoms with Gasteiger partial charge < -0.3 is 41.3 Å². The van der Waals surface area contributed by atoms with Crippen molar-refractivity contribution in [2.24, 2.45) is 0 Å². The van der Waals surface area contributed by atoms with E-state index in [0.29, 0.717) is 56.2 Å². The van der Waals surface area contributed by atoms with Crippen molar-refractivity contribution in [3.8, 4) is 5.75 Å². The third kappa shape index (κ3) is 6.86. The van der Waals surface area contributed by atoms with E-state index in [9.17, 15) is 14.7 Å². The Bertz CT molecular complexity index is 958. The second kappa shape index (κ2) is 15.6. The SMILES string of the molecule is COc1ccc(CO)c2c1C(=O)c1c(NCCNCCO)ccc(NCCNCCO)c1C2=O.Cl.Cl. The Morgan fingerprint density at radius 2 is 1.17 bits per heavy atom. The molecule has 12 heteroatoms. The molecule has 0 amide bonds. The van der Waals surface area contributed by atoms with E-state index >= 15 is 0 Å². The molecular formula is C24H34Cl2N4O6. The van der Waals surface area contributed by atoms with Gasteiger partial charge in [0.1, 0.15) is 5.75 Å². The molecule has 0 aromatic heterocycles. The molecule has 0 bridgehead atoms. The van der Waals surface area contributed by atoms with Gasteiger partial charge in [-0.2, -0.15) is 0 Å². The van der Waals surface area contributed by atoms with Crippen molar-refractivity contribution in [2.45, 2.75) is 6.61 Å². The van der Waals surface area contributed by atoms with Gasteiger partial charge in [-0.1, -0.05) is 6.07 Å². The van der Waals surface area contributed by atoms with Gasteiger partial charge >= 0.3 is 0 Å². The van der Waals surface area contributed by atoms with Crippen LogP contribution in [-0.2, 0) is 6.61 Å². The van der Waals surface area contributed by atoms with Crippen LogP contribution >= 0.6 is 24.8 Å². The average Bonchev–Trinajstić information content (AvgIpc) is 2.86. The topological polar surface area (TPSA) is 152 Å². The minimum absolute atomic E-state index is 0. The van der Waals surface area contributed by atoms with E-state index in [0.717, 1.165) is 0 Å². The van der Waals surface area contributed by atoms with Gasteiger partial charge in [0.05, 0.1) is 43.6 Å². The van der Waals surface area contributed by atoms with E-state index in [1.54, 1.807) is 24.3 Å². The number of halogens is 2. The van der Waals surface area contributed by atoms with E-state index in [2.05, 4.69) is 21.3 Å². The first-order valence-electron chi connectivity index (χ1n) is 11.3. The largest absolute Gasteiger partial charge is 0.496 e. The molecule has 3 rings (SSSR count). The summed E-state index contributed by atoms with van der Waals surface area (Å²) in [7, 11) is 1.44. The van der Waals surface area contributed by atoms with Gasteiger partial charge in [0.15, 0.2) is 11.6 Å². The molecule has 0 spiro atoms. The lowest BCUT2D eigenvalue weighted by molar-refractivity contribution is 0.0975. The lowest BCUT2D eigenvalue weighted by atomic mass is 9.79. The molecule has 0 heterocycles. The highest BCUT2D eigenvalue weighted by molar-refractivity contribution is 6.33. The summed E-state index contributed by atoms with van der Waals surface area (Å²) >= 11 is 0. The summed E-state index contributed by atoms with van der Waals surface area (Å²) in [4.78, 5) is 27.5. The van der Waals surface area contributed by atoms with E-state index in [-0.39, 0.29) is 84.2 Å². The first-order chi connectivity index (χ1) is 16.6. The zero-order valence-electron chi connectivity index (χ0n) is 20.1. The minimum Gasteiger partial charge on any atom is -0.496 e. The second-order valence-electron chi connectivity index (χ2n) is 7.70. The number of methoxy groups -OCH3 is 1. The molecule has 36 heavy (non-hydrogen) atoms. The van der Waals surface area contributed by atoms with Crippen molar-refractivity contribution >= 4 is 47.8 Å². The fraction of sp³-hybridized carbons (Fsp3) is 0.417. The van der Waals surface area contributed by atoms with E-state index < -0.39 is 0 Å². The fourth-order valence-corrected chi connectivity index (χ4v) is 4.01. The Labute approximate surface area is 222 Å². The van der Waals surface area contributed by atoms with Crippen LogP contribution in [0.2, 0.25) is 0 Å². The second-order valence-corrected chi connectivity index (χ2v) is 7.70. The normalized spacial score (nSPS) is 11.7. The Kier molecular flexibility index (Phi) is 13.7. The van der Waals surface area contributed by atoms with Crippen LogP contribution in [0.5, 0.6) is 5.75 Å². The number of carbonyl (C=O) groups excluding carboxylic acids is 2. The van der Waals surface area contributed by atoms with Crippen LogP contribution in [0.3, 0.4) is 0 Å². The number of carbonyl (C=O) groups is 2. The molecular weight excluding hydrogens is 511 g/mol. The number of nitrogens with one attached hydrogen (secondary N) is 4. The van der Waals surface area contributed by atoms with Crippen LogP contribution in [0.1, 0.15) is 37.4 Å². The number of rotatable bonds is 14. The molecule has 0 saturated carbocycles. The Morgan fingerprint density at radius 1 is 0.667 bits per heavy atom. The summed E-state index contributed by atoms with van der Waals surface area (Å²) in [5, 5.41) is 40.2. The lowest BCUT2D eigenvalue weighted by Crippen LogP contribution is -2.29. The molecule has 0 fully saturated rings. The van der Waals surface area contributed by atoms with Gasteiger partial charge in [-0.05, 0) is 23.8 Å². The number of anilines is 2. The first-order valence-corrected chi connectivity index (χ1v) is 11.3. The van der Waals surface area contributed by atoms with Crippen molar-refractivity contribution < 1.29 is 29.6 Å². The monoisotopic (exact) mass is 544 g/mol. The third-order valence-corrected chi connectivity index (χ3v) is 5.57. The molecule has 0 aliphatic heterocycles. The number of aliphatic hydroxyl groups is 3. The summed E-state index contributed by atoms with van der Waals surface area (Å²) in [6.45, 7) is 2.65. The summed E-state index contributed by atoms with van der Waals surface area (Å²) in [5.41, 5.74) is 2.20. The van der Waals surface area contributed by atoms with Crippen molar-refractivity contribution in [3.63, 3.8) is 0 Å². The van der Waals surface area contributed by atoms with E-state index in [1.807, 2.05) is 0 Å². The molecule has 0 atom stereocenters. The average molecular weight is 545 g/mol. The number of aliphatic hydroxyl groups excluding tert-OH is 3. The molecule has 2 aromatic rings. The summed E-state index contributed by atoms with van der Waals surface area (Å²) < 4.78 is 5.39. The van der Waals surface area contributed by atoms with Gasteiger partial charge in [-0.3, -0.25) is 9.59 Å². The smallest absolute Gasteiger partial charge is 0.200 e. The van der Waals surface area contributed by atoms with Crippen LogP contribution in [0.4, 0.5) is 11.4 Å². The fourth-order valence-electron chi connectivity index (χ4n) is 4.01. The molecule has 7 N–H and O–H groups in total. The maximum atomic E-state index is 13.8. The summed E-state index contributed by atoms with van der Waals surface area (Å²) in [6, 6.07) is 6.69. The Balaban J connectivity index is 0.00000324. The van der Waals surface area contributed by atoms with Gasteiger partial charge in [0.2, 0.25) is 0 Å². The van der Waals surface area contributed by atoms with Crippen LogP contribution in [0.15, 0.2) is 24.3 Å². The standard InChI is InChI=1S/C24H32N4O6.2ClH/c1-34-18-5-2-15(14-31)19-22(18)24(33)21-17(28-9-7-26-11-13-30)4-3-16(20(21)23(19)32)27-8-6-25-10-12-29;;/h2-5,25-31H,6-14H2,1H3;2*1H. The molecule has 0 saturated heterocycles. The zero-order valence-corrected chi connectivity index (χ0v) is 21.7. The number of ketones is 2. The van der Waals surface area contributed by atoms with Crippen molar-refractivity contribution in [1.82, 2.24) is 10.6 Å². The molecule has 1 aliphatic rings. The van der Waals surface area contributed by atoms with Crippen molar-refractivity contribution in [3.05, 3.63) is 52.1 Å². The molecule has 10 nitrogen and oxygen atoms in total. The number of hydrogen-bond donors (Lipinski definition) is 7. The van der Waals surface area contributed by atoms with E-state index in [4.69, 9.17) is 14.9 Å². The van der Waals surface area contributed by atoms with Gasteiger partial charge in [-0.15, -0.1) is 24.8 Å². The predicted molar refractivity (Wildman–Crippen MR) is 144 cm³/mol. The third-order valence-electron chi connectivity index (χ3n) is 5.57. The molecule has 200 valence electrons. The zero-order chi connectivity index (χ0) is 24.5. The maximum Gasteiger partial charge on any atom is 0.200 e. The molecule has 2 aromatic carbocycles. The number of hydrogen-bond acceptors (Lipinski definition) is 10. The predicted octanol–water partition coefficient (Wildman–Crippen LogP) is 0.794.